The predicted molar refractivity (Wildman–Crippen MR) is 132 cm³/mol. The maximum Gasteiger partial charge on any atom is 0.213 e. The normalized spacial score (nSPS) is 17.9. The molecule has 4 rings (SSSR count). The van der Waals surface area contributed by atoms with Gasteiger partial charge in [0.2, 0.25) is 5.88 Å². The van der Waals surface area contributed by atoms with Crippen molar-refractivity contribution in [3.05, 3.63) is 34.8 Å². The molecule has 1 aromatic carbocycles. The lowest BCUT2D eigenvalue weighted by Gasteiger charge is -2.26. The van der Waals surface area contributed by atoms with E-state index in [1.165, 1.54) is 64.7 Å². The first-order valence-corrected chi connectivity index (χ1v) is 12.8. The number of nitrogens with zero attached hydrogens (tertiary/aromatic N) is 3. The molecule has 2 aliphatic rings. The molecule has 0 radical (unpaired) electrons. The molecule has 2 saturated heterocycles. The molecule has 5 nitrogen and oxygen atoms in total. The van der Waals surface area contributed by atoms with E-state index in [2.05, 4.69) is 42.8 Å². The Morgan fingerprint density at radius 2 is 1.48 bits per heavy atom. The fraction of sp³-hybridized carbons (Fsp3) is 0.640. The smallest absolute Gasteiger partial charge is 0.213 e. The Bertz CT molecular complexity index is 762. The molecule has 31 heavy (non-hydrogen) atoms. The number of benzene rings is 1. The zero-order valence-electron chi connectivity index (χ0n) is 18.8. The highest BCUT2D eigenvalue weighted by molar-refractivity contribution is 9.10. The van der Waals surface area contributed by atoms with Crippen molar-refractivity contribution in [1.29, 1.82) is 0 Å². The Morgan fingerprint density at radius 3 is 2.13 bits per heavy atom. The Kier molecular flexibility index (Phi) is 11.1. The molecule has 6 heteroatoms. The van der Waals surface area contributed by atoms with Crippen molar-refractivity contribution in [2.45, 2.75) is 51.4 Å². The van der Waals surface area contributed by atoms with Crippen molar-refractivity contribution in [3.8, 4) is 5.88 Å². The quantitative estimate of drug-likeness (QED) is 0.520. The highest BCUT2D eigenvalue weighted by Crippen LogP contribution is 2.21. The van der Waals surface area contributed by atoms with Gasteiger partial charge in [-0.2, -0.15) is 0 Å². The molecule has 0 amide bonds. The van der Waals surface area contributed by atoms with Gasteiger partial charge in [0.05, 0.1) is 12.1 Å². The Morgan fingerprint density at radius 1 is 0.839 bits per heavy atom. The Labute approximate surface area is 195 Å². The Hall–Kier alpha value is -1.21. The number of hydrogen-bond acceptors (Lipinski definition) is 5. The van der Waals surface area contributed by atoms with E-state index in [1.54, 1.807) is 0 Å². The summed E-state index contributed by atoms with van der Waals surface area (Å²) in [7, 11) is 0. The summed E-state index contributed by atoms with van der Waals surface area (Å²) in [6.45, 7) is 8.32. The number of hydrogen-bond donors (Lipinski definition) is 1. The van der Waals surface area contributed by atoms with Crippen molar-refractivity contribution in [2.24, 2.45) is 0 Å². The number of fused-ring (bicyclic) bond motifs is 1. The second kappa shape index (κ2) is 14.0. The number of likely N-dealkylation sites (tertiary alicyclic amines) is 2. The first-order chi connectivity index (χ1) is 15.2. The van der Waals surface area contributed by atoms with E-state index in [4.69, 9.17) is 9.84 Å². The third-order valence-electron chi connectivity index (χ3n) is 6.02. The van der Waals surface area contributed by atoms with E-state index >= 15 is 0 Å². The number of aliphatic hydroxyl groups excluding tert-OH is 1. The standard InChI is InChI=1S/C17H21BrN2O.C8H17NO/c18-15-6-7-16-14(13-15)5-8-17(19-16)21-12-4-11-20-9-2-1-3-10-20;10-8-4-7-9-5-2-1-3-6-9/h5-8,13H,1-4,9-12H2;10H,1-8H2. The van der Waals surface area contributed by atoms with Gasteiger partial charge >= 0.3 is 0 Å². The molecule has 1 aromatic heterocycles. The molecule has 1 N–H and O–H groups in total. The molecule has 0 unspecified atom stereocenters. The number of ether oxygens (including phenoxy) is 1. The van der Waals surface area contributed by atoms with E-state index in [0.717, 1.165) is 53.8 Å². The van der Waals surface area contributed by atoms with Crippen LogP contribution >= 0.6 is 15.9 Å². The summed E-state index contributed by atoms with van der Waals surface area (Å²) in [5.41, 5.74) is 0.978. The summed E-state index contributed by atoms with van der Waals surface area (Å²) in [6.07, 6.45) is 10.2. The molecule has 0 spiro atoms. The molecule has 2 aromatic rings. The van der Waals surface area contributed by atoms with Gasteiger partial charge in [-0.1, -0.05) is 28.8 Å². The van der Waals surface area contributed by atoms with Gasteiger partial charge in [-0.05, 0) is 89.0 Å². The van der Waals surface area contributed by atoms with Crippen molar-refractivity contribution in [1.82, 2.24) is 14.8 Å². The van der Waals surface area contributed by atoms with Gasteiger partial charge in [0.25, 0.3) is 0 Å². The highest BCUT2D eigenvalue weighted by atomic mass is 79.9. The molecular formula is C25H38BrN3O2. The maximum atomic E-state index is 8.57. The van der Waals surface area contributed by atoms with Crippen molar-refractivity contribution < 1.29 is 9.84 Å². The third kappa shape index (κ3) is 9.05. The number of aromatic nitrogens is 1. The molecule has 3 heterocycles. The van der Waals surface area contributed by atoms with Crippen LogP contribution in [-0.4, -0.2) is 72.4 Å². The van der Waals surface area contributed by atoms with E-state index < -0.39 is 0 Å². The average Bonchev–Trinajstić information content (AvgIpc) is 2.82. The van der Waals surface area contributed by atoms with E-state index in [1.807, 2.05) is 18.2 Å². The summed E-state index contributed by atoms with van der Waals surface area (Å²) in [5, 5.41) is 9.70. The van der Waals surface area contributed by atoms with Crippen LogP contribution in [0.3, 0.4) is 0 Å². The highest BCUT2D eigenvalue weighted by Gasteiger charge is 2.09. The van der Waals surface area contributed by atoms with E-state index in [9.17, 15) is 0 Å². The molecule has 2 aliphatic heterocycles. The molecule has 2 fully saturated rings. The third-order valence-corrected chi connectivity index (χ3v) is 6.52. The minimum atomic E-state index is 0.344. The molecule has 0 bridgehead atoms. The van der Waals surface area contributed by atoms with Crippen molar-refractivity contribution in [3.63, 3.8) is 0 Å². The topological polar surface area (TPSA) is 48.8 Å². The van der Waals surface area contributed by atoms with Gasteiger partial charge in [0, 0.05) is 35.6 Å². The molecule has 172 valence electrons. The summed E-state index contributed by atoms with van der Waals surface area (Å²) in [5.74, 6) is 0.725. The van der Waals surface area contributed by atoms with Crippen LogP contribution in [0.15, 0.2) is 34.8 Å². The van der Waals surface area contributed by atoms with Gasteiger partial charge in [0.15, 0.2) is 0 Å². The summed E-state index contributed by atoms with van der Waals surface area (Å²) >= 11 is 3.48. The summed E-state index contributed by atoms with van der Waals surface area (Å²) < 4.78 is 6.86. The lowest BCUT2D eigenvalue weighted by Crippen LogP contribution is -2.31. The van der Waals surface area contributed by atoms with E-state index in [0.29, 0.717) is 6.61 Å². The number of aliphatic hydroxyl groups is 1. The first-order valence-electron chi connectivity index (χ1n) is 12.0. The average molecular weight is 493 g/mol. The predicted octanol–water partition coefficient (Wildman–Crippen LogP) is 5.11. The SMILES string of the molecule is Brc1ccc2nc(OCCCN3CCCCC3)ccc2c1.OCCCN1CCCCC1. The number of rotatable bonds is 8. The minimum Gasteiger partial charge on any atom is -0.478 e. The van der Waals surface area contributed by atoms with Crippen LogP contribution in [0.1, 0.15) is 51.4 Å². The largest absolute Gasteiger partial charge is 0.478 e. The number of pyridine rings is 1. The van der Waals surface area contributed by atoms with Gasteiger partial charge in [-0.15, -0.1) is 0 Å². The molecule has 0 aliphatic carbocycles. The van der Waals surface area contributed by atoms with Crippen molar-refractivity contribution >= 4 is 26.8 Å². The lowest BCUT2D eigenvalue weighted by atomic mass is 10.1. The van der Waals surface area contributed by atoms with Crippen LogP contribution in [0.4, 0.5) is 0 Å². The summed E-state index contributed by atoms with van der Waals surface area (Å²) in [4.78, 5) is 9.53. The van der Waals surface area contributed by atoms with Crippen LogP contribution in [0.5, 0.6) is 5.88 Å². The Balaban J connectivity index is 0.000000229. The first kappa shape index (κ1) is 24.4. The molecule has 0 atom stereocenters. The van der Waals surface area contributed by atoms with Crippen LogP contribution in [0, 0.1) is 0 Å². The van der Waals surface area contributed by atoms with Crippen LogP contribution < -0.4 is 4.74 Å². The monoisotopic (exact) mass is 491 g/mol. The van der Waals surface area contributed by atoms with Gasteiger partial charge < -0.3 is 19.6 Å². The van der Waals surface area contributed by atoms with Gasteiger partial charge in [0.1, 0.15) is 0 Å². The van der Waals surface area contributed by atoms with Crippen LogP contribution in [0.25, 0.3) is 10.9 Å². The van der Waals surface area contributed by atoms with Gasteiger partial charge in [-0.3, -0.25) is 0 Å². The minimum absolute atomic E-state index is 0.344. The van der Waals surface area contributed by atoms with Crippen LogP contribution in [-0.2, 0) is 0 Å². The molecular weight excluding hydrogens is 454 g/mol. The van der Waals surface area contributed by atoms with Crippen LogP contribution in [0.2, 0.25) is 0 Å². The fourth-order valence-corrected chi connectivity index (χ4v) is 4.66. The second-order valence-electron chi connectivity index (χ2n) is 8.57. The second-order valence-corrected chi connectivity index (χ2v) is 9.49. The molecule has 0 saturated carbocycles. The fourth-order valence-electron chi connectivity index (χ4n) is 4.28. The number of halogens is 1. The number of piperidine rings is 2. The zero-order chi connectivity index (χ0) is 21.7. The maximum absolute atomic E-state index is 8.57. The van der Waals surface area contributed by atoms with Crippen molar-refractivity contribution in [2.75, 3.05) is 52.5 Å². The lowest BCUT2D eigenvalue weighted by molar-refractivity contribution is 0.198. The zero-order valence-corrected chi connectivity index (χ0v) is 20.4. The summed E-state index contributed by atoms with van der Waals surface area (Å²) in [6, 6.07) is 10.1. The van der Waals surface area contributed by atoms with E-state index in [-0.39, 0.29) is 0 Å². The van der Waals surface area contributed by atoms with Gasteiger partial charge in [-0.25, -0.2) is 4.98 Å².